The summed E-state index contributed by atoms with van der Waals surface area (Å²) in [4.78, 5) is 27.9. The number of Topliss-reactive ketones (excluding diaryl/α,β-unsaturated/α-hetero) is 1. The maximum absolute atomic E-state index is 13.2. The number of ketones is 1. The van der Waals surface area contributed by atoms with Gasteiger partial charge >= 0.3 is 0 Å². The minimum atomic E-state index is -0.168. The fourth-order valence-corrected chi connectivity index (χ4v) is 5.08. The Bertz CT molecular complexity index is 1370. The van der Waals surface area contributed by atoms with Crippen molar-refractivity contribution in [2.24, 2.45) is 0 Å². The zero-order chi connectivity index (χ0) is 20.0. The minimum absolute atomic E-state index is 0.0648. The summed E-state index contributed by atoms with van der Waals surface area (Å²) in [6.07, 6.45) is 0. The third-order valence-corrected chi connectivity index (χ3v) is 5.88. The van der Waals surface area contributed by atoms with Crippen LogP contribution in [0.3, 0.4) is 0 Å². The average molecular weight is 375 g/mol. The van der Waals surface area contributed by atoms with Crippen LogP contribution in [0.5, 0.6) is 0 Å². The summed E-state index contributed by atoms with van der Waals surface area (Å²) in [5.41, 5.74) is 4.02. The third-order valence-electron chi connectivity index (χ3n) is 5.88. The van der Waals surface area contributed by atoms with Gasteiger partial charge in [0.2, 0.25) is 0 Å². The average Bonchev–Trinajstić information content (AvgIpc) is 2.95. The monoisotopic (exact) mass is 375 g/mol. The molecule has 0 N–H and O–H groups in total. The Morgan fingerprint density at radius 1 is 1.18 bits per heavy atom. The van der Waals surface area contributed by atoms with Gasteiger partial charge in [-0.3, -0.25) is 9.59 Å². The number of nitrogens with zero attached hydrogens (tertiary/aromatic N) is 4. The summed E-state index contributed by atoms with van der Waals surface area (Å²) in [6, 6.07) is 8.05. The van der Waals surface area contributed by atoms with Crippen molar-refractivity contribution >= 4 is 38.5 Å². The largest absolute Gasteiger partial charge is 0.327 e. The fourth-order valence-electron chi connectivity index (χ4n) is 5.08. The quantitative estimate of drug-likeness (QED) is 0.379. The number of aryl methyl sites for hydroxylation is 1. The topological polar surface area (TPSA) is 54.7 Å². The molecule has 0 fully saturated rings. The van der Waals surface area contributed by atoms with Gasteiger partial charge in [-0.1, -0.05) is 12.1 Å². The van der Waals surface area contributed by atoms with Gasteiger partial charge in [0.15, 0.2) is 12.5 Å². The highest BCUT2D eigenvalue weighted by molar-refractivity contribution is 6.22. The molecule has 0 saturated carbocycles. The fraction of sp³-hybridized carbons (Fsp3) is 0.318. The van der Waals surface area contributed by atoms with Crippen molar-refractivity contribution in [3.05, 3.63) is 51.4 Å². The number of anilines is 1. The van der Waals surface area contributed by atoms with Gasteiger partial charge in [0.25, 0.3) is 5.56 Å². The number of rotatable bonds is 1. The molecule has 2 aromatic carbocycles. The molecule has 6 heteroatoms. The first-order valence-electron chi connectivity index (χ1n) is 9.47. The molecule has 4 aromatic rings. The summed E-state index contributed by atoms with van der Waals surface area (Å²) in [7, 11) is 6.53. The molecular formula is C22H23N4O2+. The van der Waals surface area contributed by atoms with Gasteiger partial charge in [0, 0.05) is 28.8 Å². The molecule has 28 heavy (non-hydrogen) atoms. The first kappa shape index (κ1) is 17.1. The van der Waals surface area contributed by atoms with Crippen LogP contribution < -0.4 is 10.5 Å². The zero-order valence-corrected chi connectivity index (χ0v) is 16.8. The predicted octanol–water partition coefficient (Wildman–Crippen LogP) is 2.93. The lowest BCUT2D eigenvalue weighted by atomic mass is 9.93. The summed E-state index contributed by atoms with van der Waals surface area (Å²) in [5.74, 6) is -0.0648. The molecule has 0 atom stereocenters. The lowest BCUT2D eigenvalue weighted by molar-refractivity contribution is -0.904. The SMILES string of the molecule is CC(=O)c1c(C)nn2c(=O)c3cccc4c5c(cc(c43)c12)C[N+](C)(C)CN5C. The Balaban J connectivity index is 2.09. The smallest absolute Gasteiger partial charge is 0.279 e. The standard InChI is InChI=1S/C22H23N4O2/c1-12-18(13(2)27)21-17-9-14-10-26(4,5)11-24(3)20(14)15-7-6-8-16(19(15)17)22(28)25(21)23-12/h6-9H,10-11H2,1-5H3/q+1. The first-order valence-corrected chi connectivity index (χ1v) is 9.47. The second kappa shape index (κ2) is 5.29. The van der Waals surface area contributed by atoms with E-state index in [0.717, 1.165) is 33.9 Å². The van der Waals surface area contributed by atoms with Crippen molar-refractivity contribution in [1.29, 1.82) is 0 Å². The molecule has 1 aliphatic heterocycles. The summed E-state index contributed by atoms with van der Waals surface area (Å²) in [5, 5.41) is 8.01. The number of benzene rings is 2. The van der Waals surface area contributed by atoms with Crippen molar-refractivity contribution < 1.29 is 9.28 Å². The van der Waals surface area contributed by atoms with E-state index in [1.165, 1.54) is 15.8 Å². The molecule has 0 amide bonds. The van der Waals surface area contributed by atoms with E-state index in [1.807, 2.05) is 12.1 Å². The van der Waals surface area contributed by atoms with Crippen LogP contribution in [-0.4, -0.2) is 47.7 Å². The Morgan fingerprint density at radius 2 is 1.89 bits per heavy atom. The van der Waals surface area contributed by atoms with Gasteiger partial charge < -0.3 is 9.38 Å². The predicted molar refractivity (Wildman–Crippen MR) is 111 cm³/mol. The van der Waals surface area contributed by atoms with Crippen LogP contribution in [0.4, 0.5) is 5.69 Å². The number of quaternary nitrogens is 1. The lowest BCUT2D eigenvalue weighted by Gasteiger charge is -2.41. The van der Waals surface area contributed by atoms with E-state index in [4.69, 9.17) is 0 Å². The second-order valence-electron chi connectivity index (χ2n) is 8.68. The van der Waals surface area contributed by atoms with E-state index >= 15 is 0 Å². The molecule has 0 aliphatic carbocycles. The maximum atomic E-state index is 13.2. The van der Waals surface area contributed by atoms with E-state index in [-0.39, 0.29) is 11.3 Å². The number of carbonyl (C=O) groups excluding carboxylic acids is 1. The van der Waals surface area contributed by atoms with Crippen molar-refractivity contribution in [3.8, 4) is 0 Å². The van der Waals surface area contributed by atoms with Gasteiger partial charge in [0.05, 0.1) is 41.9 Å². The van der Waals surface area contributed by atoms with Gasteiger partial charge in [-0.25, -0.2) is 0 Å². The van der Waals surface area contributed by atoms with Crippen molar-refractivity contribution in [3.63, 3.8) is 0 Å². The van der Waals surface area contributed by atoms with E-state index in [9.17, 15) is 9.59 Å². The molecule has 0 saturated heterocycles. The van der Waals surface area contributed by atoms with Gasteiger partial charge in [0.1, 0.15) is 6.54 Å². The van der Waals surface area contributed by atoms with Crippen LogP contribution in [0.1, 0.15) is 28.5 Å². The summed E-state index contributed by atoms with van der Waals surface area (Å²) < 4.78 is 2.27. The van der Waals surface area contributed by atoms with Crippen LogP contribution in [0.25, 0.3) is 27.1 Å². The van der Waals surface area contributed by atoms with Crippen LogP contribution in [0, 0.1) is 6.92 Å². The van der Waals surface area contributed by atoms with Crippen molar-refractivity contribution in [2.45, 2.75) is 20.4 Å². The highest BCUT2D eigenvalue weighted by atomic mass is 16.1. The molecule has 0 radical (unpaired) electrons. The first-order chi connectivity index (χ1) is 13.2. The zero-order valence-electron chi connectivity index (χ0n) is 16.8. The molecule has 1 aliphatic rings. The van der Waals surface area contributed by atoms with Crippen molar-refractivity contribution in [1.82, 2.24) is 9.61 Å². The molecule has 3 heterocycles. The van der Waals surface area contributed by atoms with E-state index in [0.29, 0.717) is 22.2 Å². The number of fused-ring (bicyclic) bond motifs is 4. The Hall–Kier alpha value is -2.99. The number of pyridine rings is 1. The lowest BCUT2D eigenvalue weighted by Crippen LogP contribution is -2.50. The second-order valence-corrected chi connectivity index (χ2v) is 8.68. The molecule has 6 nitrogen and oxygen atoms in total. The normalized spacial score (nSPS) is 16.2. The van der Waals surface area contributed by atoms with Gasteiger partial charge in [-0.05, 0) is 26.0 Å². The van der Waals surface area contributed by atoms with Crippen molar-refractivity contribution in [2.75, 3.05) is 32.7 Å². The number of hydrogen-bond acceptors (Lipinski definition) is 4. The van der Waals surface area contributed by atoms with Gasteiger partial charge in [-0.2, -0.15) is 9.61 Å². The highest BCUT2D eigenvalue weighted by Crippen LogP contribution is 2.41. The van der Waals surface area contributed by atoms with E-state index in [1.54, 1.807) is 13.8 Å². The Labute approximate surface area is 162 Å². The summed E-state index contributed by atoms with van der Waals surface area (Å²) >= 11 is 0. The number of carbonyl (C=O) groups is 1. The molecule has 0 bridgehead atoms. The molecular weight excluding hydrogens is 352 g/mol. The van der Waals surface area contributed by atoms with Crippen LogP contribution in [-0.2, 0) is 6.54 Å². The maximum Gasteiger partial charge on any atom is 0.279 e. The van der Waals surface area contributed by atoms with E-state index in [2.05, 4.69) is 43.3 Å². The minimum Gasteiger partial charge on any atom is -0.327 e. The summed E-state index contributed by atoms with van der Waals surface area (Å²) in [6.45, 7) is 5.13. The molecule has 0 unspecified atom stereocenters. The number of hydrogen-bond donors (Lipinski definition) is 0. The van der Waals surface area contributed by atoms with Crippen LogP contribution >= 0.6 is 0 Å². The highest BCUT2D eigenvalue weighted by Gasteiger charge is 2.31. The van der Waals surface area contributed by atoms with Crippen LogP contribution in [0.2, 0.25) is 0 Å². The van der Waals surface area contributed by atoms with Crippen LogP contribution in [0.15, 0.2) is 29.1 Å². The molecule has 2 aromatic heterocycles. The molecule has 0 spiro atoms. The third kappa shape index (κ3) is 2.09. The van der Waals surface area contributed by atoms with Gasteiger partial charge in [-0.15, -0.1) is 0 Å². The molecule has 142 valence electrons. The Kier molecular flexibility index (Phi) is 3.24. The molecule has 5 rings (SSSR count). The number of aromatic nitrogens is 2. The Morgan fingerprint density at radius 3 is 2.61 bits per heavy atom. The van der Waals surface area contributed by atoms with E-state index < -0.39 is 0 Å².